The van der Waals surface area contributed by atoms with Crippen LogP contribution < -0.4 is 15.6 Å². The zero-order valence-electron chi connectivity index (χ0n) is 18.8. The normalized spacial score (nSPS) is 10.6. The number of nitrogens with zero attached hydrogens (tertiary/aromatic N) is 3. The molecule has 0 bridgehead atoms. The molecule has 0 saturated heterocycles. The summed E-state index contributed by atoms with van der Waals surface area (Å²) >= 11 is 1.14. The molecule has 2 N–H and O–H groups in total. The molecule has 2 amide bonds. The minimum Gasteiger partial charge on any atom is -0.485 e. The first-order valence-electron chi connectivity index (χ1n) is 10.7. The topological polar surface area (TPSA) is 98.1 Å². The van der Waals surface area contributed by atoms with Crippen molar-refractivity contribution < 1.29 is 18.7 Å². The predicted molar refractivity (Wildman–Crippen MR) is 130 cm³/mol. The van der Waals surface area contributed by atoms with Gasteiger partial charge in [0.05, 0.1) is 11.3 Å². The van der Waals surface area contributed by atoms with Gasteiger partial charge in [-0.25, -0.2) is 4.39 Å². The molecule has 10 heteroatoms. The van der Waals surface area contributed by atoms with Gasteiger partial charge in [-0.05, 0) is 42.8 Å². The molecule has 0 aliphatic rings. The van der Waals surface area contributed by atoms with Gasteiger partial charge in [-0.1, -0.05) is 60.3 Å². The van der Waals surface area contributed by atoms with E-state index >= 15 is 0 Å². The maximum atomic E-state index is 13.7. The summed E-state index contributed by atoms with van der Waals surface area (Å²) in [7, 11) is 0. The maximum absolute atomic E-state index is 13.7. The Kier molecular flexibility index (Phi) is 7.74. The average molecular weight is 492 g/mol. The molecule has 4 aromatic rings. The molecule has 0 atom stereocenters. The molecule has 0 fully saturated rings. The molecule has 0 aliphatic heterocycles. The Morgan fingerprint density at radius 1 is 0.943 bits per heavy atom. The van der Waals surface area contributed by atoms with Crippen LogP contribution in [0.15, 0.2) is 84.0 Å². The first kappa shape index (κ1) is 24.0. The summed E-state index contributed by atoms with van der Waals surface area (Å²) in [6.45, 7) is 2.14. The number of hydrogen-bond donors (Lipinski definition) is 2. The lowest BCUT2D eigenvalue weighted by Gasteiger charge is -2.12. The van der Waals surface area contributed by atoms with E-state index in [1.807, 2.05) is 66.1 Å². The van der Waals surface area contributed by atoms with E-state index in [4.69, 9.17) is 4.74 Å². The second-order valence-corrected chi connectivity index (χ2v) is 8.34. The van der Waals surface area contributed by atoms with Crippen molar-refractivity contribution in [1.29, 1.82) is 0 Å². The summed E-state index contributed by atoms with van der Waals surface area (Å²) in [6.07, 6.45) is 0. The fourth-order valence-electron chi connectivity index (χ4n) is 3.19. The standard InChI is InChI=1S/C25H22FN5O3S/c1-17-9-5-8-14-21(17)34-15-22-27-30-25(31(22)18-10-3-2-4-11-18)35-16-23(32)28-29-24(33)19-12-6-7-13-20(19)26/h2-14H,15-16H2,1H3,(H,28,32)(H,29,33). The zero-order chi connectivity index (χ0) is 24.6. The van der Waals surface area contributed by atoms with E-state index in [1.54, 1.807) is 0 Å². The van der Waals surface area contributed by atoms with Gasteiger partial charge >= 0.3 is 0 Å². The third-order valence-corrected chi connectivity index (χ3v) is 5.86. The number of nitrogens with one attached hydrogen (secondary N) is 2. The Labute approximate surface area is 205 Å². The number of hydrazine groups is 1. The molecule has 35 heavy (non-hydrogen) atoms. The lowest BCUT2D eigenvalue weighted by Crippen LogP contribution is -2.42. The van der Waals surface area contributed by atoms with E-state index in [0.29, 0.717) is 11.0 Å². The molecule has 0 unspecified atom stereocenters. The second kappa shape index (κ2) is 11.3. The van der Waals surface area contributed by atoms with E-state index < -0.39 is 17.6 Å². The van der Waals surface area contributed by atoms with Gasteiger partial charge < -0.3 is 4.74 Å². The molecule has 3 aromatic carbocycles. The Morgan fingerprint density at radius 2 is 1.66 bits per heavy atom. The van der Waals surface area contributed by atoms with Crippen LogP contribution >= 0.6 is 11.8 Å². The molecular formula is C25H22FN5O3S. The lowest BCUT2D eigenvalue weighted by atomic mass is 10.2. The quantitative estimate of drug-likeness (QED) is 0.287. The molecular weight excluding hydrogens is 469 g/mol. The number of ether oxygens (including phenoxy) is 1. The lowest BCUT2D eigenvalue weighted by molar-refractivity contribution is -0.119. The Morgan fingerprint density at radius 3 is 2.43 bits per heavy atom. The highest BCUT2D eigenvalue weighted by Crippen LogP contribution is 2.24. The Bertz CT molecular complexity index is 1330. The number of rotatable bonds is 8. The monoisotopic (exact) mass is 491 g/mol. The fourth-order valence-corrected chi connectivity index (χ4v) is 3.96. The minimum atomic E-state index is -0.746. The van der Waals surface area contributed by atoms with Gasteiger partial charge in [0, 0.05) is 5.69 Å². The van der Waals surface area contributed by atoms with E-state index in [0.717, 1.165) is 28.8 Å². The molecule has 0 aliphatic carbocycles. The van der Waals surface area contributed by atoms with Crippen molar-refractivity contribution in [2.75, 3.05) is 5.75 Å². The first-order valence-corrected chi connectivity index (χ1v) is 11.7. The highest BCUT2D eigenvalue weighted by molar-refractivity contribution is 7.99. The smallest absolute Gasteiger partial charge is 0.272 e. The number of hydrogen-bond acceptors (Lipinski definition) is 6. The molecule has 1 aromatic heterocycles. The summed E-state index contributed by atoms with van der Waals surface area (Å²) < 4.78 is 21.5. The maximum Gasteiger partial charge on any atom is 0.272 e. The van der Waals surface area contributed by atoms with Crippen LogP contribution in [-0.4, -0.2) is 32.3 Å². The second-order valence-electron chi connectivity index (χ2n) is 7.39. The molecule has 4 rings (SSSR count). The number of halogens is 1. The number of para-hydroxylation sites is 2. The summed E-state index contributed by atoms with van der Waals surface area (Å²) in [6, 6.07) is 22.7. The number of aromatic nitrogens is 3. The number of amides is 2. The number of aryl methyl sites for hydroxylation is 1. The predicted octanol–water partition coefficient (Wildman–Crippen LogP) is 3.85. The third-order valence-electron chi connectivity index (χ3n) is 4.93. The van der Waals surface area contributed by atoms with Gasteiger partial charge in [0.2, 0.25) is 5.91 Å². The van der Waals surface area contributed by atoms with Crippen molar-refractivity contribution in [3.05, 3.63) is 102 Å². The van der Waals surface area contributed by atoms with Crippen molar-refractivity contribution >= 4 is 23.6 Å². The summed E-state index contributed by atoms with van der Waals surface area (Å²) in [5, 5.41) is 8.98. The van der Waals surface area contributed by atoms with Crippen LogP contribution in [0.1, 0.15) is 21.7 Å². The molecule has 178 valence electrons. The Balaban J connectivity index is 1.42. The Hall–Kier alpha value is -4.18. The first-order chi connectivity index (χ1) is 17.0. The van der Waals surface area contributed by atoms with Crippen molar-refractivity contribution in [3.8, 4) is 11.4 Å². The van der Waals surface area contributed by atoms with Crippen molar-refractivity contribution in [3.63, 3.8) is 0 Å². The van der Waals surface area contributed by atoms with Crippen molar-refractivity contribution in [1.82, 2.24) is 25.6 Å². The highest BCUT2D eigenvalue weighted by atomic mass is 32.2. The van der Waals surface area contributed by atoms with Gasteiger partial charge in [-0.3, -0.25) is 25.0 Å². The molecule has 0 saturated carbocycles. The summed E-state index contributed by atoms with van der Waals surface area (Å²) in [4.78, 5) is 24.4. The molecule has 0 spiro atoms. The van der Waals surface area contributed by atoms with Crippen LogP contribution in [0.3, 0.4) is 0 Å². The average Bonchev–Trinajstić information content (AvgIpc) is 3.29. The largest absolute Gasteiger partial charge is 0.485 e. The minimum absolute atomic E-state index is 0.0544. The number of thioether (sulfide) groups is 1. The zero-order valence-corrected chi connectivity index (χ0v) is 19.6. The molecule has 8 nitrogen and oxygen atoms in total. The molecule has 1 heterocycles. The van der Waals surface area contributed by atoms with E-state index in [-0.39, 0.29) is 17.9 Å². The van der Waals surface area contributed by atoms with Gasteiger partial charge in [-0.2, -0.15) is 0 Å². The number of carbonyl (C=O) groups excluding carboxylic acids is 2. The SMILES string of the molecule is Cc1ccccc1OCc1nnc(SCC(=O)NNC(=O)c2ccccc2F)n1-c1ccccc1. The highest BCUT2D eigenvalue weighted by Gasteiger charge is 2.17. The third kappa shape index (κ3) is 6.04. The van der Waals surface area contributed by atoms with Gasteiger partial charge in [0.1, 0.15) is 18.2 Å². The fraction of sp³-hybridized carbons (Fsp3) is 0.120. The van der Waals surface area contributed by atoms with Crippen LogP contribution in [0.5, 0.6) is 5.75 Å². The van der Waals surface area contributed by atoms with Gasteiger partial charge in [-0.15, -0.1) is 10.2 Å². The summed E-state index contributed by atoms with van der Waals surface area (Å²) in [5.41, 5.74) is 6.16. The van der Waals surface area contributed by atoms with Gasteiger partial charge in [0.15, 0.2) is 11.0 Å². The van der Waals surface area contributed by atoms with Crippen LogP contribution in [0.4, 0.5) is 4.39 Å². The van der Waals surface area contributed by atoms with Crippen LogP contribution in [0.25, 0.3) is 5.69 Å². The number of benzene rings is 3. The van der Waals surface area contributed by atoms with Crippen molar-refractivity contribution in [2.45, 2.75) is 18.7 Å². The van der Waals surface area contributed by atoms with Gasteiger partial charge in [0.25, 0.3) is 5.91 Å². The van der Waals surface area contributed by atoms with Crippen LogP contribution in [0.2, 0.25) is 0 Å². The molecule has 0 radical (unpaired) electrons. The van der Waals surface area contributed by atoms with Crippen LogP contribution in [-0.2, 0) is 11.4 Å². The van der Waals surface area contributed by atoms with Crippen molar-refractivity contribution in [2.24, 2.45) is 0 Å². The van der Waals surface area contributed by atoms with E-state index in [2.05, 4.69) is 21.0 Å². The van der Waals surface area contributed by atoms with E-state index in [9.17, 15) is 14.0 Å². The number of carbonyl (C=O) groups is 2. The van der Waals surface area contributed by atoms with E-state index in [1.165, 1.54) is 24.3 Å². The van der Waals surface area contributed by atoms with Crippen LogP contribution in [0, 0.1) is 12.7 Å². The summed E-state index contributed by atoms with van der Waals surface area (Å²) in [5.74, 6) is -0.652.